The molecule has 1 N–H and O–H groups in total. The molecule has 3 aliphatic rings. The Morgan fingerprint density at radius 2 is 1.93 bits per heavy atom. The Hall–Kier alpha value is -0.970. The van der Waals surface area contributed by atoms with Crippen molar-refractivity contribution in [2.75, 3.05) is 6.54 Å². The smallest absolute Gasteiger partial charge is 0.220 e. The maximum atomic E-state index is 11.8. The third-order valence-corrected chi connectivity index (χ3v) is 9.31. The molecule has 0 saturated heterocycles. The van der Waals surface area contributed by atoms with Crippen molar-refractivity contribution >= 4 is 5.91 Å². The van der Waals surface area contributed by atoms with E-state index >= 15 is 0 Å². The van der Waals surface area contributed by atoms with Crippen molar-refractivity contribution in [2.24, 2.45) is 40.9 Å². The van der Waals surface area contributed by atoms with Crippen molar-refractivity contribution < 1.29 is 4.79 Å². The second-order valence-electron chi connectivity index (χ2n) is 10.4. The highest BCUT2D eigenvalue weighted by atomic mass is 16.1. The molecule has 28 heavy (non-hydrogen) atoms. The molecule has 1 amide bonds. The predicted molar refractivity (Wildman–Crippen MR) is 118 cm³/mol. The van der Waals surface area contributed by atoms with Crippen molar-refractivity contribution in [3.05, 3.63) is 0 Å². The summed E-state index contributed by atoms with van der Waals surface area (Å²) in [5.74, 6) is 8.05. The summed E-state index contributed by atoms with van der Waals surface area (Å²) in [5, 5.41) is 2.80. The van der Waals surface area contributed by atoms with E-state index in [-0.39, 0.29) is 5.91 Å². The summed E-state index contributed by atoms with van der Waals surface area (Å²) in [5.41, 5.74) is 0.614. The summed E-state index contributed by atoms with van der Waals surface area (Å²) in [4.78, 5) is 11.8. The average Bonchev–Trinajstić information content (AvgIpc) is 3.05. The molecule has 0 radical (unpaired) electrons. The highest BCUT2D eigenvalue weighted by Crippen LogP contribution is 2.60. The Morgan fingerprint density at radius 3 is 2.68 bits per heavy atom. The maximum Gasteiger partial charge on any atom is 0.220 e. The van der Waals surface area contributed by atoms with Crippen LogP contribution in [0.2, 0.25) is 0 Å². The molecule has 3 rings (SSSR count). The van der Waals surface area contributed by atoms with Crippen molar-refractivity contribution in [2.45, 2.75) is 97.8 Å². The van der Waals surface area contributed by atoms with E-state index in [4.69, 9.17) is 6.42 Å². The fourth-order valence-corrected chi connectivity index (χ4v) is 7.81. The van der Waals surface area contributed by atoms with Gasteiger partial charge in [-0.2, -0.15) is 0 Å². The number of carbonyl (C=O) groups excluding carboxylic acids is 1. The van der Waals surface area contributed by atoms with Gasteiger partial charge in [0, 0.05) is 6.42 Å². The Kier molecular flexibility index (Phi) is 7.52. The highest BCUT2D eigenvalue weighted by Gasteiger charge is 2.51. The molecular weight excluding hydrogens is 342 g/mol. The van der Waals surface area contributed by atoms with Crippen LogP contribution in [0.25, 0.3) is 0 Å². The van der Waals surface area contributed by atoms with Crippen molar-refractivity contribution in [1.29, 1.82) is 0 Å². The second-order valence-corrected chi connectivity index (χ2v) is 10.4. The van der Waals surface area contributed by atoms with Crippen LogP contribution in [0.5, 0.6) is 0 Å². The normalized spacial score (nSPS) is 40.5. The van der Waals surface area contributed by atoms with Gasteiger partial charge < -0.3 is 5.32 Å². The lowest BCUT2D eigenvalue weighted by Crippen LogP contribution is -2.47. The molecule has 0 heterocycles. The molecule has 4 unspecified atom stereocenters. The third-order valence-electron chi connectivity index (χ3n) is 9.31. The number of rotatable bonds is 7. The van der Waals surface area contributed by atoms with Crippen LogP contribution in [0.15, 0.2) is 0 Å². The molecule has 0 bridgehead atoms. The molecule has 0 aromatic rings. The number of terminal acetylenes is 1. The van der Waals surface area contributed by atoms with Gasteiger partial charge in [0.2, 0.25) is 5.91 Å². The van der Waals surface area contributed by atoms with Crippen molar-refractivity contribution in [3.8, 4) is 12.3 Å². The topological polar surface area (TPSA) is 29.1 Å². The molecule has 3 fully saturated rings. The van der Waals surface area contributed by atoms with Gasteiger partial charge in [-0.25, -0.2) is 0 Å². The van der Waals surface area contributed by atoms with Crippen molar-refractivity contribution in [1.82, 2.24) is 5.32 Å². The first-order chi connectivity index (χ1) is 13.5. The standard InChI is InChI=1S/C26H43NO/c1-5-18-27-25(28)12-9-10-20-13-15-22(19(20)3)23-16-14-21-11-7-8-17-26(21,4)24(23)6-2/h1,19-24H,6-18H2,2-4H3,(H,27,28)/t19-,20-,21?,22?,23?,24?,26-/m0/s1. The Morgan fingerprint density at radius 1 is 1.14 bits per heavy atom. The van der Waals surface area contributed by atoms with Crippen LogP contribution in [0, 0.1) is 53.3 Å². The van der Waals surface area contributed by atoms with Gasteiger partial charge in [0.1, 0.15) is 0 Å². The minimum Gasteiger partial charge on any atom is -0.345 e. The summed E-state index contributed by atoms with van der Waals surface area (Å²) in [6.45, 7) is 8.01. The Labute approximate surface area is 174 Å². The monoisotopic (exact) mass is 385 g/mol. The first kappa shape index (κ1) is 21.7. The summed E-state index contributed by atoms with van der Waals surface area (Å²) in [6, 6.07) is 0. The Balaban J connectivity index is 1.55. The zero-order valence-corrected chi connectivity index (χ0v) is 18.6. The largest absolute Gasteiger partial charge is 0.345 e. The average molecular weight is 386 g/mol. The van der Waals surface area contributed by atoms with Crippen LogP contribution in [0.3, 0.4) is 0 Å². The SMILES string of the molecule is C#CCNC(=O)CCC[C@H]1CCC(C2CCC3CCCC[C@]3(C)C2CC)[C@H]1C. The van der Waals surface area contributed by atoms with Gasteiger partial charge in [-0.1, -0.05) is 46.0 Å². The van der Waals surface area contributed by atoms with Gasteiger partial charge in [-0.15, -0.1) is 6.42 Å². The number of amides is 1. The van der Waals surface area contributed by atoms with Gasteiger partial charge in [-0.3, -0.25) is 4.79 Å². The molecule has 158 valence electrons. The highest BCUT2D eigenvalue weighted by molar-refractivity contribution is 5.76. The lowest BCUT2D eigenvalue weighted by molar-refractivity contribution is -0.121. The molecule has 0 aromatic carbocycles. The quantitative estimate of drug-likeness (QED) is 0.519. The van der Waals surface area contributed by atoms with Crippen molar-refractivity contribution in [3.63, 3.8) is 0 Å². The van der Waals surface area contributed by atoms with Gasteiger partial charge in [0.05, 0.1) is 6.54 Å². The minimum absolute atomic E-state index is 0.120. The fraction of sp³-hybridized carbons (Fsp3) is 0.885. The number of carbonyl (C=O) groups is 1. The molecule has 3 aliphatic carbocycles. The van der Waals surface area contributed by atoms with Crippen LogP contribution in [0.4, 0.5) is 0 Å². The van der Waals surface area contributed by atoms with Gasteiger partial charge in [-0.05, 0) is 92.3 Å². The maximum absolute atomic E-state index is 11.8. The number of hydrogen-bond donors (Lipinski definition) is 1. The minimum atomic E-state index is 0.120. The lowest BCUT2D eigenvalue weighted by atomic mass is 9.49. The van der Waals surface area contributed by atoms with E-state index in [0.29, 0.717) is 18.4 Å². The summed E-state index contributed by atoms with van der Waals surface area (Å²) >= 11 is 0. The molecule has 2 heteroatoms. The molecule has 2 nitrogen and oxygen atoms in total. The van der Waals surface area contributed by atoms with E-state index in [1.807, 2.05) is 0 Å². The summed E-state index contributed by atoms with van der Waals surface area (Å²) in [7, 11) is 0. The Bertz CT molecular complexity index is 563. The molecule has 0 aliphatic heterocycles. The number of hydrogen-bond acceptors (Lipinski definition) is 1. The van der Waals surface area contributed by atoms with Crippen LogP contribution in [-0.2, 0) is 4.79 Å². The van der Waals surface area contributed by atoms with Gasteiger partial charge in [0.15, 0.2) is 0 Å². The van der Waals surface area contributed by atoms with Gasteiger partial charge >= 0.3 is 0 Å². The van der Waals surface area contributed by atoms with E-state index in [1.54, 1.807) is 0 Å². The number of nitrogens with one attached hydrogen (secondary N) is 1. The van der Waals surface area contributed by atoms with Crippen LogP contribution < -0.4 is 5.32 Å². The molecule has 7 atom stereocenters. The first-order valence-corrected chi connectivity index (χ1v) is 12.2. The molecule has 0 aromatic heterocycles. The zero-order valence-electron chi connectivity index (χ0n) is 18.6. The third kappa shape index (κ3) is 4.44. The molecule has 3 saturated carbocycles. The van der Waals surface area contributed by atoms with Crippen LogP contribution in [-0.4, -0.2) is 12.5 Å². The van der Waals surface area contributed by atoms with E-state index < -0.39 is 0 Å². The van der Waals surface area contributed by atoms with E-state index in [9.17, 15) is 4.79 Å². The fourth-order valence-electron chi connectivity index (χ4n) is 7.81. The van der Waals surface area contributed by atoms with Crippen LogP contribution in [0.1, 0.15) is 97.8 Å². The zero-order chi connectivity index (χ0) is 20.1. The van der Waals surface area contributed by atoms with E-state index in [1.165, 1.54) is 64.2 Å². The second kappa shape index (κ2) is 9.69. The van der Waals surface area contributed by atoms with E-state index in [2.05, 4.69) is 32.0 Å². The predicted octanol–water partition coefficient (Wildman–Crippen LogP) is 6.20. The summed E-state index contributed by atoms with van der Waals surface area (Å²) < 4.78 is 0. The van der Waals surface area contributed by atoms with Crippen LogP contribution >= 0.6 is 0 Å². The molecular formula is C26H43NO. The van der Waals surface area contributed by atoms with E-state index in [0.717, 1.165) is 41.9 Å². The van der Waals surface area contributed by atoms with Gasteiger partial charge in [0.25, 0.3) is 0 Å². The molecule has 0 spiro atoms. The number of fused-ring (bicyclic) bond motifs is 1. The summed E-state index contributed by atoms with van der Waals surface area (Å²) in [6.07, 6.45) is 21.1. The first-order valence-electron chi connectivity index (χ1n) is 12.2. The lowest BCUT2D eigenvalue weighted by Gasteiger charge is -2.55.